The molecule has 0 aliphatic rings. The minimum absolute atomic E-state index is 0.00671. The molecular formula is C26H35N3O4. The first-order chi connectivity index (χ1) is 15.5. The molecular weight excluding hydrogens is 418 g/mol. The summed E-state index contributed by atoms with van der Waals surface area (Å²) in [4.78, 5) is 12.0. The van der Waals surface area contributed by atoms with E-state index in [1.807, 2.05) is 52.0 Å². The van der Waals surface area contributed by atoms with E-state index in [2.05, 4.69) is 31.9 Å². The summed E-state index contributed by atoms with van der Waals surface area (Å²) in [6, 6.07) is 10.1. The van der Waals surface area contributed by atoms with Gasteiger partial charge in [0.15, 0.2) is 5.76 Å². The fourth-order valence-electron chi connectivity index (χ4n) is 3.52. The first kappa shape index (κ1) is 26.0. The molecule has 1 atom stereocenters. The van der Waals surface area contributed by atoms with Crippen molar-refractivity contribution in [3.8, 4) is 6.07 Å². The zero-order valence-electron chi connectivity index (χ0n) is 21.0. The van der Waals surface area contributed by atoms with E-state index in [4.69, 9.17) is 14.2 Å². The lowest BCUT2D eigenvalue weighted by atomic mass is 9.86. The van der Waals surface area contributed by atoms with Gasteiger partial charge in [0.25, 0.3) is 0 Å². The van der Waals surface area contributed by atoms with Crippen LogP contribution in [-0.2, 0) is 26.7 Å². The Bertz CT molecular complexity index is 1040. The van der Waals surface area contributed by atoms with Crippen molar-refractivity contribution in [2.45, 2.75) is 72.8 Å². The smallest absolute Gasteiger partial charge is 0.454 e. The molecule has 0 aliphatic heterocycles. The molecule has 2 rings (SSSR count). The van der Waals surface area contributed by atoms with Gasteiger partial charge in [-0.15, -0.1) is 0 Å². The molecule has 0 aliphatic carbocycles. The van der Waals surface area contributed by atoms with E-state index in [0.717, 1.165) is 29.7 Å². The minimum Gasteiger partial charge on any atom is -0.454 e. The first-order valence-electron chi connectivity index (χ1n) is 11.2. The van der Waals surface area contributed by atoms with Crippen LogP contribution in [0.4, 0.5) is 4.79 Å². The van der Waals surface area contributed by atoms with Gasteiger partial charge < -0.3 is 14.2 Å². The average molecular weight is 454 g/mol. The van der Waals surface area contributed by atoms with Crippen molar-refractivity contribution in [2.24, 2.45) is 7.05 Å². The van der Waals surface area contributed by atoms with Crippen LogP contribution in [0.25, 0.3) is 11.3 Å². The maximum Gasteiger partial charge on any atom is 0.511 e. The monoisotopic (exact) mass is 453 g/mol. The molecule has 7 heteroatoms. The molecule has 2 aromatic rings. The maximum atomic E-state index is 12.0. The molecule has 0 N–H and O–H groups in total. The SMILES string of the molecule is CCCC(C)OC(=O)OCO/C(=C(/C#N)c1ccc(C(C)(C)C)cc1)c1c(C)c(C)nn1C. The van der Waals surface area contributed by atoms with Crippen molar-refractivity contribution in [3.05, 3.63) is 52.3 Å². The summed E-state index contributed by atoms with van der Waals surface area (Å²) in [5.74, 6) is 0.302. The molecule has 0 bridgehead atoms. The minimum atomic E-state index is -0.804. The Morgan fingerprint density at radius 3 is 2.30 bits per heavy atom. The average Bonchev–Trinajstić information content (AvgIpc) is 2.98. The number of benzene rings is 1. The number of allylic oxidation sites excluding steroid dienone is 1. The van der Waals surface area contributed by atoms with Gasteiger partial charge in [-0.3, -0.25) is 4.68 Å². The molecule has 0 radical (unpaired) electrons. The largest absolute Gasteiger partial charge is 0.511 e. The second kappa shape index (κ2) is 11.0. The van der Waals surface area contributed by atoms with E-state index in [-0.39, 0.29) is 18.3 Å². The highest BCUT2D eigenvalue weighted by molar-refractivity contribution is 5.94. The zero-order chi connectivity index (χ0) is 24.8. The van der Waals surface area contributed by atoms with Crippen molar-refractivity contribution >= 4 is 17.5 Å². The van der Waals surface area contributed by atoms with Crippen LogP contribution in [0.2, 0.25) is 0 Å². The molecule has 0 amide bonds. The quantitative estimate of drug-likeness (QED) is 0.209. The number of carbonyl (C=O) groups is 1. The normalized spacial score (nSPS) is 13.1. The summed E-state index contributed by atoms with van der Waals surface area (Å²) in [5.41, 5.74) is 4.54. The lowest BCUT2D eigenvalue weighted by Gasteiger charge is -2.19. The van der Waals surface area contributed by atoms with Gasteiger partial charge in [0.05, 0.1) is 5.69 Å². The van der Waals surface area contributed by atoms with Gasteiger partial charge in [0.2, 0.25) is 6.79 Å². The van der Waals surface area contributed by atoms with Crippen LogP contribution < -0.4 is 0 Å². The summed E-state index contributed by atoms with van der Waals surface area (Å²) in [7, 11) is 1.79. The van der Waals surface area contributed by atoms with Gasteiger partial charge in [-0.1, -0.05) is 58.4 Å². The van der Waals surface area contributed by atoms with Gasteiger partial charge in [-0.25, -0.2) is 4.79 Å². The third-order valence-corrected chi connectivity index (χ3v) is 5.49. The Balaban J connectivity index is 2.40. The fourth-order valence-corrected chi connectivity index (χ4v) is 3.52. The predicted octanol–water partition coefficient (Wildman–Crippen LogP) is 6.04. The molecule has 0 spiro atoms. The molecule has 7 nitrogen and oxygen atoms in total. The number of hydrogen-bond donors (Lipinski definition) is 0. The topological polar surface area (TPSA) is 86.4 Å². The number of nitrogens with zero attached hydrogens (tertiary/aromatic N) is 3. The lowest BCUT2D eigenvalue weighted by molar-refractivity contribution is -0.0214. The Kier molecular flexibility index (Phi) is 8.69. The summed E-state index contributed by atoms with van der Waals surface area (Å²) >= 11 is 0. The third kappa shape index (κ3) is 6.61. The van der Waals surface area contributed by atoms with Crippen molar-refractivity contribution in [1.82, 2.24) is 9.78 Å². The standard InChI is InChI=1S/C26H35N3O4/c1-9-10-17(2)33-25(30)32-16-31-24(23-18(3)19(4)28-29(23)8)22(15-27)20-11-13-21(14-12-20)26(5,6)7/h11-14,17H,9-10,16H2,1-8H3/b24-22-. The van der Waals surface area contributed by atoms with Crippen LogP contribution in [-0.4, -0.2) is 28.8 Å². The number of rotatable bonds is 8. The van der Waals surface area contributed by atoms with Gasteiger partial charge in [0, 0.05) is 12.6 Å². The summed E-state index contributed by atoms with van der Waals surface area (Å²) in [6.07, 6.45) is 0.602. The molecule has 1 aromatic carbocycles. The number of carbonyl (C=O) groups excluding carboxylic acids is 1. The Morgan fingerprint density at radius 1 is 1.18 bits per heavy atom. The molecule has 0 saturated carbocycles. The second-order valence-electron chi connectivity index (χ2n) is 9.20. The Morgan fingerprint density at radius 2 is 1.82 bits per heavy atom. The van der Waals surface area contributed by atoms with E-state index < -0.39 is 6.16 Å². The number of aromatic nitrogens is 2. The summed E-state index contributed by atoms with van der Waals surface area (Å²) in [5, 5.41) is 14.5. The van der Waals surface area contributed by atoms with Crippen LogP contribution in [0.5, 0.6) is 0 Å². The molecule has 1 aromatic heterocycles. The number of ether oxygens (including phenoxy) is 3. The summed E-state index contributed by atoms with van der Waals surface area (Å²) in [6.45, 7) is 13.7. The Labute approximate surface area is 197 Å². The van der Waals surface area contributed by atoms with Gasteiger partial charge >= 0.3 is 6.16 Å². The second-order valence-corrected chi connectivity index (χ2v) is 9.20. The molecule has 33 heavy (non-hydrogen) atoms. The van der Waals surface area contributed by atoms with Crippen molar-refractivity contribution < 1.29 is 19.0 Å². The van der Waals surface area contributed by atoms with Crippen LogP contribution >= 0.6 is 0 Å². The van der Waals surface area contributed by atoms with Crippen LogP contribution in [0, 0.1) is 25.2 Å². The van der Waals surface area contributed by atoms with Gasteiger partial charge in [-0.2, -0.15) is 10.4 Å². The van der Waals surface area contributed by atoms with Crippen molar-refractivity contribution in [3.63, 3.8) is 0 Å². The van der Waals surface area contributed by atoms with E-state index in [1.54, 1.807) is 11.7 Å². The molecule has 0 fully saturated rings. The van der Waals surface area contributed by atoms with Gasteiger partial charge in [0.1, 0.15) is 23.4 Å². The highest BCUT2D eigenvalue weighted by Gasteiger charge is 2.22. The number of nitriles is 1. The fraction of sp³-hybridized carbons (Fsp3) is 0.500. The highest BCUT2D eigenvalue weighted by atomic mass is 16.8. The van der Waals surface area contributed by atoms with Crippen molar-refractivity contribution in [1.29, 1.82) is 5.26 Å². The van der Waals surface area contributed by atoms with E-state index in [0.29, 0.717) is 22.6 Å². The van der Waals surface area contributed by atoms with Crippen molar-refractivity contribution in [2.75, 3.05) is 6.79 Å². The van der Waals surface area contributed by atoms with Gasteiger partial charge in [-0.05, 0) is 43.7 Å². The van der Waals surface area contributed by atoms with Crippen LogP contribution in [0.1, 0.15) is 75.5 Å². The predicted molar refractivity (Wildman–Crippen MR) is 128 cm³/mol. The lowest BCUT2D eigenvalue weighted by Crippen LogP contribution is -2.17. The third-order valence-electron chi connectivity index (χ3n) is 5.49. The molecule has 1 unspecified atom stereocenters. The Hall–Kier alpha value is -3.27. The zero-order valence-corrected chi connectivity index (χ0v) is 21.0. The van der Waals surface area contributed by atoms with Crippen LogP contribution in [0.15, 0.2) is 24.3 Å². The van der Waals surface area contributed by atoms with Crippen LogP contribution in [0.3, 0.4) is 0 Å². The molecule has 1 heterocycles. The van der Waals surface area contributed by atoms with E-state index in [1.165, 1.54) is 0 Å². The first-order valence-corrected chi connectivity index (χ1v) is 11.2. The highest BCUT2D eigenvalue weighted by Crippen LogP contribution is 2.31. The van der Waals surface area contributed by atoms with E-state index >= 15 is 0 Å². The number of aryl methyl sites for hydroxylation is 2. The van der Waals surface area contributed by atoms with E-state index in [9.17, 15) is 10.1 Å². The number of hydrogen-bond acceptors (Lipinski definition) is 6. The maximum absolute atomic E-state index is 12.0. The molecule has 0 saturated heterocycles. The molecule has 178 valence electrons. The summed E-state index contributed by atoms with van der Waals surface area (Å²) < 4.78 is 17.9.